The molecule has 0 radical (unpaired) electrons. The highest BCUT2D eigenvalue weighted by Gasteiger charge is 2.21. The van der Waals surface area contributed by atoms with E-state index in [-0.39, 0.29) is 5.92 Å². The largest absolute Gasteiger partial charge is 0.360 e. The summed E-state index contributed by atoms with van der Waals surface area (Å²) in [6, 6.07) is 5.58. The number of hydrogen-bond donors (Lipinski definition) is 0. The third-order valence-corrected chi connectivity index (χ3v) is 3.17. The Hall–Kier alpha value is -1.61. The van der Waals surface area contributed by atoms with Crippen molar-refractivity contribution in [1.29, 1.82) is 0 Å². The highest BCUT2D eigenvalue weighted by molar-refractivity contribution is 6.33. The summed E-state index contributed by atoms with van der Waals surface area (Å²) in [5.74, 6) is 0.702. The van der Waals surface area contributed by atoms with Crippen molar-refractivity contribution in [2.75, 3.05) is 0 Å². The summed E-state index contributed by atoms with van der Waals surface area (Å²) in [5.41, 5.74) is 2.74. The van der Waals surface area contributed by atoms with Crippen LogP contribution in [0.15, 0.2) is 22.7 Å². The van der Waals surface area contributed by atoms with E-state index in [9.17, 15) is 4.79 Å². The van der Waals surface area contributed by atoms with E-state index >= 15 is 0 Å². The SMILES string of the molecule is Cc1cccc(Cl)c1-c1noc(C(C)C)c1C=O. The molecular formula is C14H14ClNO2. The molecule has 0 bridgehead atoms. The van der Waals surface area contributed by atoms with Crippen LogP contribution in [0.3, 0.4) is 0 Å². The maximum Gasteiger partial charge on any atom is 0.155 e. The molecular weight excluding hydrogens is 250 g/mol. The highest BCUT2D eigenvalue weighted by Crippen LogP contribution is 2.34. The van der Waals surface area contributed by atoms with Gasteiger partial charge in [0.25, 0.3) is 0 Å². The zero-order valence-corrected chi connectivity index (χ0v) is 11.3. The lowest BCUT2D eigenvalue weighted by Crippen LogP contribution is -1.93. The van der Waals surface area contributed by atoms with Crippen LogP contribution in [0.2, 0.25) is 5.02 Å². The van der Waals surface area contributed by atoms with Crippen LogP contribution in [0, 0.1) is 6.92 Å². The van der Waals surface area contributed by atoms with Crippen molar-refractivity contribution in [2.24, 2.45) is 0 Å². The second-order valence-corrected chi connectivity index (χ2v) is 4.92. The second-order valence-electron chi connectivity index (χ2n) is 4.51. The van der Waals surface area contributed by atoms with E-state index in [1.807, 2.05) is 32.9 Å². The van der Waals surface area contributed by atoms with Gasteiger partial charge in [-0.25, -0.2) is 0 Å². The van der Waals surface area contributed by atoms with Gasteiger partial charge in [-0.3, -0.25) is 4.79 Å². The average molecular weight is 264 g/mol. The summed E-state index contributed by atoms with van der Waals surface area (Å²) < 4.78 is 5.27. The summed E-state index contributed by atoms with van der Waals surface area (Å²) in [4.78, 5) is 11.3. The van der Waals surface area contributed by atoms with E-state index in [1.54, 1.807) is 6.07 Å². The summed E-state index contributed by atoms with van der Waals surface area (Å²) in [7, 11) is 0. The number of benzene rings is 1. The molecule has 18 heavy (non-hydrogen) atoms. The number of carbonyl (C=O) groups is 1. The second kappa shape index (κ2) is 4.94. The molecule has 3 nitrogen and oxygen atoms in total. The lowest BCUT2D eigenvalue weighted by atomic mass is 9.99. The number of nitrogens with zero attached hydrogens (tertiary/aromatic N) is 1. The van der Waals surface area contributed by atoms with E-state index < -0.39 is 0 Å². The van der Waals surface area contributed by atoms with Gasteiger partial charge in [0.15, 0.2) is 6.29 Å². The van der Waals surface area contributed by atoms with Crippen molar-refractivity contribution in [3.63, 3.8) is 0 Å². The molecule has 0 atom stereocenters. The third kappa shape index (κ3) is 2.06. The molecule has 0 aliphatic heterocycles. The topological polar surface area (TPSA) is 43.1 Å². The lowest BCUT2D eigenvalue weighted by Gasteiger charge is -2.05. The molecule has 0 spiro atoms. The molecule has 1 aromatic carbocycles. The molecule has 0 unspecified atom stereocenters. The van der Waals surface area contributed by atoms with Crippen molar-refractivity contribution in [1.82, 2.24) is 5.16 Å². The fraction of sp³-hybridized carbons (Fsp3) is 0.286. The zero-order valence-electron chi connectivity index (χ0n) is 10.5. The van der Waals surface area contributed by atoms with E-state index in [0.717, 1.165) is 17.4 Å². The summed E-state index contributed by atoms with van der Waals surface area (Å²) in [6.45, 7) is 5.84. The smallest absolute Gasteiger partial charge is 0.155 e. The predicted octanol–water partition coefficient (Wildman–Crippen LogP) is 4.24. The standard InChI is InChI=1S/C14H14ClNO2/c1-8(2)14-10(7-17)13(16-18-14)12-9(3)5-4-6-11(12)15/h4-8H,1-3H3. The quantitative estimate of drug-likeness (QED) is 0.778. The first-order valence-electron chi connectivity index (χ1n) is 5.76. The molecule has 2 aromatic rings. The van der Waals surface area contributed by atoms with Crippen LogP contribution in [0.1, 0.15) is 41.4 Å². The number of aldehydes is 1. The molecule has 0 saturated heterocycles. The lowest BCUT2D eigenvalue weighted by molar-refractivity contribution is 0.112. The number of hydrogen-bond acceptors (Lipinski definition) is 3. The molecule has 2 rings (SSSR count). The number of carbonyl (C=O) groups excluding carboxylic acids is 1. The van der Waals surface area contributed by atoms with Crippen molar-refractivity contribution in [2.45, 2.75) is 26.7 Å². The molecule has 0 saturated carbocycles. The molecule has 0 aliphatic rings. The van der Waals surface area contributed by atoms with E-state index in [4.69, 9.17) is 16.1 Å². The highest BCUT2D eigenvalue weighted by atomic mass is 35.5. The van der Waals surface area contributed by atoms with Gasteiger partial charge in [0.2, 0.25) is 0 Å². The van der Waals surface area contributed by atoms with Gasteiger partial charge in [-0.15, -0.1) is 0 Å². The number of halogens is 1. The van der Waals surface area contributed by atoms with Gasteiger partial charge < -0.3 is 4.52 Å². The van der Waals surface area contributed by atoms with Crippen LogP contribution in [0.25, 0.3) is 11.3 Å². The summed E-state index contributed by atoms with van der Waals surface area (Å²) in [6.07, 6.45) is 0.782. The van der Waals surface area contributed by atoms with Gasteiger partial charge in [-0.2, -0.15) is 0 Å². The minimum Gasteiger partial charge on any atom is -0.360 e. The Morgan fingerprint density at radius 2 is 2.11 bits per heavy atom. The maximum absolute atomic E-state index is 11.3. The van der Waals surface area contributed by atoms with Gasteiger partial charge in [-0.05, 0) is 18.6 Å². The van der Waals surface area contributed by atoms with Gasteiger partial charge in [0, 0.05) is 11.5 Å². The van der Waals surface area contributed by atoms with Crippen LogP contribution in [0.4, 0.5) is 0 Å². The third-order valence-electron chi connectivity index (χ3n) is 2.86. The zero-order chi connectivity index (χ0) is 13.3. The van der Waals surface area contributed by atoms with Crippen LogP contribution in [-0.4, -0.2) is 11.4 Å². The monoisotopic (exact) mass is 263 g/mol. The minimum atomic E-state index is 0.106. The number of aromatic nitrogens is 1. The molecule has 0 amide bonds. The summed E-state index contributed by atoms with van der Waals surface area (Å²) in [5, 5.41) is 4.58. The Morgan fingerprint density at radius 3 is 2.67 bits per heavy atom. The average Bonchev–Trinajstić information content (AvgIpc) is 2.72. The predicted molar refractivity (Wildman–Crippen MR) is 71.2 cm³/mol. The molecule has 0 N–H and O–H groups in total. The first-order valence-corrected chi connectivity index (χ1v) is 6.14. The van der Waals surface area contributed by atoms with Gasteiger partial charge in [0.1, 0.15) is 11.5 Å². The minimum absolute atomic E-state index is 0.106. The van der Waals surface area contributed by atoms with Crippen LogP contribution < -0.4 is 0 Å². The molecule has 0 aliphatic carbocycles. The van der Waals surface area contributed by atoms with Crippen molar-refractivity contribution < 1.29 is 9.32 Å². The molecule has 1 aromatic heterocycles. The van der Waals surface area contributed by atoms with Crippen LogP contribution in [0.5, 0.6) is 0 Å². The molecule has 94 valence electrons. The van der Waals surface area contributed by atoms with Crippen molar-refractivity contribution in [3.05, 3.63) is 40.1 Å². The Morgan fingerprint density at radius 1 is 1.39 bits per heavy atom. The van der Waals surface area contributed by atoms with E-state index in [1.165, 1.54) is 0 Å². The molecule has 4 heteroatoms. The van der Waals surface area contributed by atoms with E-state index in [2.05, 4.69) is 5.16 Å². The van der Waals surface area contributed by atoms with Crippen molar-refractivity contribution >= 4 is 17.9 Å². The van der Waals surface area contributed by atoms with Gasteiger partial charge in [-0.1, -0.05) is 42.7 Å². The number of rotatable bonds is 3. The maximum atomic E-state index is 11.3. The fourth-order valence-electron chi connectivity index (χ4n) is 1.95. The van der Waals surface area contributed by atoms with Crippen LogP contribution in [-0.2, 0) is 0 Å². The van der Waals surface area contributed by atoms with Crippen molar-refractivity contribution in [3.8, 4) is 11.3 Å². The Labute approximate surface area is 111 Å². The normalized spacial score (nSPS) is 10.9. The summed E-state index contributed by atoms with van der Waals surface area (Å²) >= 11 is 6.18. The van der Waals surface area contributed by atoms with Gasteiger partial charge >= 0.3 is 0 Å². The fourth-order valence-corrected chi connectivity index (χ4v) is 2.26. The molecule has 1 heterocycles. The molecule has 0 fully saturated rings. The van der Waals surface area contributed by atoms with E-state index in [0.29, 0.717) is 22.0 Å². The van der Waals surface area contributed by atoms with Gasteiger partial charge in [0.05, 0.1) is 10.6 Å². The first-order chi connectivity index (χ1) is 8.56. The Kier molecular flexibility index (Phi) is 3.53. The Balaban J connectivity index is 2.69. The number of aryl methyl sites for hydroxylation is 1. The first kappa shape index (κ1) is 12.8. The Bertz CT molecular complexity index is 567. The van der Waals surface area contributed by atoms with Crippen LogP contribution >= 0.6 is 11.6 Å².